The van der Waals surface area contributed by atoms with E-state index in [-0.39, 0.29) is 22.8 Å². The Kier molecular flexibility index (Phi) is 5.14. The lowest BCUT2D eigenvalue weighted by Gasteiger charge is -2.22. The summed E-state index contributed by atoms with van der Waals surface area (Å²) in [5.74, 6) is 0.451. The standard InChI is InChI=1S/C12H21ClN4O/c1-6-12(4,5)7-14-10-15-9(13)16-11(17-10)18-8(2)3/h8H,6-7H2,1-5H3,(H,14,15,16,17). The fraction of sp³-hybridized carbons (Fsp3) is 0.750. The highest BCUT2D eigenvalue weighted by Crippen LogP contribution is 2.20. The maximum Gasteiger partial charge on any atom is 0.322 e. The molecule has 5 nitrogen and oxygen atoms in total. The predicted molar refractivity (Wildman–Crippen MR) is 73.2 cm³/mol. The lowest BCUT2D eigenvalue weighted by Crippen LogP contribution is -2.23. The van der Waals surface area contributed by atoms with Gasteiger partial charge in [-0.3, -0.25) is 0 Å². The number of halogens is 1. The van der Waals surface area contributed by atoms with Crippen LogP contribution >= 0.6 is 11.6 Å². The maximum atomic E-state index is 5.84. The van der Waals surface area contributed by atoms with Gasteiger partial charge in [-0.1, -0.05) is 20.8 Å². The first-order valence-corrected chi connectivity index (χ1v) is 6.52. The van der Waals surface area contributed by atoms with E-state index in [1.807, 2.05) is 13.8 Å². The Morgan fingerprint density at radius 2 is 1.94 bits per heavy atom. The summed E-state index contributed by atoms with van der Waals surface area (Å²) in [6.45, 7) is 11.1. The second-order valence-corrected chi connectivity index (χ2v) is 5.59. The van der Waals surface area contributed by atoms with Gasteiger partial charge in [-0.05, 0) is 37.3 Å². The van der Waals surface area contributed by atoms with Crippen LogP contribution in [0.1, 0.15) is 41.0 Å². The van der Waals surface area contributed by atoms with E-state index >= 15 is 0 Å². The molecule has 0 fully saturated rings. The van der Waals surface area contributed by atoms with E-state index in [2.05, 4.69) is 41.0 Å². The molecule has 1 rings (SSSR count). The van der Waals surface area contributed by atoms with E-state index in [0.717, 1.165) is 13.0 Å². The van der Waals surface area contributed by atoms with Crippen molar-refractivity contribution in [2.24, 2.45) is 5.41 Å². The van der Waals surface area contributed by atoms with Crippen molar-refractivity contribution in [3.63, 3.8) is 0 Å². The second-order valence-electron chi connectivity index (χ2n) is 5.25. The molecule has 1 aromatic rings. The average Bonchev–Trinajstić information content (AvgIpc) is 2.25. The molecule has 0 saturated carbocycles. The molecule has 0 aliphatic carbocycles. The van der Waals surface area contributed by atoms with Gasteiger partial charge in [-0.2, -0.15) is 15.0 Å². The lowest BCUT2D eigenvalue weighted by molar-refractivity contribution is 0.221. The van der Waals surface area contributed by atoms with Crippen LogP contribution in [0.3, 0.4) is 0 Å². The minimum Gasteiger partial charge on any atom is -0.461 e. The zero-order chi connectivity index (χ0) is 13.8. The second kappa shape index (κ2) is 6.18. The molecule has 0 atom stereocenters. The number of ether oxygens (including phenoxy) is 1. The molecule has 1 aromatic heterocycles. The summed E-state index contributed by atoms with van der Waals surface area (Å²) in [5.41, 5.74) is 0.179. The smallest absolute Gasteiger partial charge is 0.322 e. The number of anilines is 1. The third-order valence-electron chi connectivity index (χ3n) is 2.61. The van der Waals surface area contributed by atoms with Gasteiger partial charge in [0.15, 0.2) is 0 Å². The van der Waals surface area contributed by atoms with Gasteiger partial charge in [-0.15, -0.1) is 0 Å². The first-order valence-electron chi connectivity index (χ1n) is 6.14. The maximum absolute atomic E-state index is 5.84. The summed E-state index contributed by atoms with van der Waals surface area (Å²) < 4.78 is 5.41. The Morgan fingerprint density at radius 3 is 2.50 bits per heavy atom. The molecule has 6 heteroatoms. The molecule has 102 valence electrons. The van der Waals surface area contributed by atoms with E-state index in [1.165, 1.54) is 0 Å². The van der Waals surface area contributed by atoms with Crippen molar-refractivity contribution in [1.29, 1.82) is 0 Å². The topological polar surface area (TPSA) is 59.9 Å². The van der Waals surface area contributed by atoms with Gasteiger partial charge >= 0.3 is 6.01 Å². The Balaban J connectivity index is 2.74. The normalized spacial score (nSPS) is 11.7. The van der Waals surface area contributed by atoms with Crippen LogP contribution in [0.2, 0.25) is 5.28 Å². The molecule has 0 bridgehead atoms. The minimum atomic E-state index is 0.00315. The molecule has 0 spiro atoms. The van der Waals surface area contributed by atoms with Crippen molar-refractivity contribution in [1.82, 2.24) is 15.0 Å². The summed E-state index contributed by atoms with van der Waals surface area (Å²) >= 11 is 5.84. The van der Waals surface area contributed by atoms with E-state index in [0.29, 0.717) is 5.95 Å². The highest BCUT2D eigenvalue weighted by molar-refractivity contribution is 6.28. The molecule has 0 aliphatic heterocycles. The largest absolute Gasteiger partial charge is 0.461 e. The molecule has 18 heavy (non-hydrogen) atoms. The van der Waals surface area contributed by atoms with Gasteiger partial charge in [0.05, 0.1) is 6.10 Å². The van der Waals surface area contributed by atoms with Crippen molar-refractivity contribution in [2.45, 2.75) is 47.1 Å². The van der Waals surface area contributed by atoms with Crippen molar-refractivity contribution in [3.8, 4) is 6.01 Å². The molecule has 0 aliphatic rings. The Labute approximate surface area is 113 Å². The third-order valence-corrected chi connectivity index (χ3v) is 2.78. The Morgan fingerprint density at radius 1 is 1.28 bits per heavy atom. The molecule has 0 radical (unpaired) electrons. The van der Waals surface area contributed by atoms with Gasteiger partial charge in [0.1, 0.15) is 0 Å². The third kappa shape index (κ3) is 5.04. The van der Waals surface area contributed by atoms with Crippen molar-refractivity contribution in [3.05, 3.63) is 5.28 Å². The average molecular weight is 273 g/mol. The van der Waals surface area contributed by atoms with Crippen molar-refractivity contribution < 1.29 is 4.74 Å². The summed E-state index contributed by atoms with van der Waals surface area (Å²) in [7, 11) is 0. The van der Waals surface area contributed by atoms with Crippen LogP contribution in [-0.2, 0) is 0 Å². The van der Waals surface area contributed by atoms with Crippen molar-refractivity contribution in [2.75, 3.05) is 11.9 Å². The van der Waals surface area contributed by atoms with Crippen LogP contribution in [-0.4, -0.2) is 27.6 Å². The molecule has 0 unspecified atom stereocenters. The number of aromatic nitrogens is 3. The highest BCUT2D eigenvalue weighted by Gasteiger charge is 2.16. The van der Waals surface area contributed by atoms with Crippen LogP contribution in [0.15, 0.2) is 0 Å². The number of hydrogen-bond acceptors (Lipinski definition) is 5. The van der Waals surface area contributed by atoms with E-state index in [4.69, 9.17) is 16.3 Å². The zero-order valence-corrected chi connectivity index (χ0v) is 12.4. The molecule has 1 N–H and O–H groups in total. The summed E-state index contributed by atoms with van der Waals surface area (Å²) in [4.78, 5) is 12.1. The molecule has 0 aromatic carbocycles. The molecule has 0 amide bonds. The van der Waals surface area contributed by atoms with E-state index in [1.54, 1.807) is 0 Å². The molecular weight excluding hydrogens is 252 g/mol. The molecule has 0 saturated heterocycles. The predicted octanol–water partition coefficient (Wildman–Crippen LogP) is 3.16. The zero-order valence-electron chi connectivity index (χ0n) is 11.6. The molecular formula is C12H21ClN4O. The van der Waals surface area contributed by atoms with Crippen LogP contribution in [0, 0.1) is 5.41 Å². The van der Waals surface area contributed by atoms with Gasteiger partial charge in [0.2, 0.25) is 11.2 Å². The van der Waals surface area contributed by atoms with Crippen LogP contribution < -0.4 is 10.1 Å². The lowest BCUT2D eigenvalue weighted by atomic mass is 9.90. The van der Waals surface area contributed by atoms with Gasteiger partial charge < -0.3 is 10.1 Å². The first-order chi connectivity index (χ1) is 8.32. The van der Waals surface area contributed by atoms with Gasteiger partial charge in [0.25, 0.3) is 0 Å². The minimum absolute atomic E-state index is 0.00315. The number of nitrogens with one attached hydrogen (secondary N) is 1. The Hall–Kier alpha value is -1.10. The van der Waals surface area contributed by atoms with E-state index < -0.39 is 0 Å². The SMILES string of the molecule is CCC(C)(C)CNc1nc(Cl)nc(OC(C)C)n1. The number of nitrogens with zero attached hydrogens (tertiary/aromatic N) is 3. The van der Waals surface area contributed by atoms with Gasteiger partial charge in [-0.25, -0.2) is 0 Å². The number of hydrogen-bond donors (Lipinski definition) is 1. The molecule has 1 heterocycles. The summed E-state index contributed by atoms with van der Waals surface area (Å²) in [6, 6.07) is 0.252. The van der Waals surface area contributed by atoms with Crippen molar-refractivity contribution >= 4 is 17.5 Å². The first kappa shape index (κ1) is 15.0. The Bertz CT molecular complexity index is 396. The fourth-order valence-electron chi connectivity index (χ4n) is 1.12. The summed E-state index contributed by atoms with van der Waals surface area (Å²) in [5, 5.41) is 3.30. The summed E-state index contributed by atoms with van der Waals surface area (Å²) in [6.07, 6.45) is 1.07. The quantitative estimate of drug-likeness (QED) is 0.862. The highest BCUT2D eigenvalue weighted by atomic mass is 35.5. The van der Waals surface area contributed by atoms with Crippen LogP contribution in [0.5, 0.6) is 6.01 Å². The van der Waals surface area contributed by atoms with Crippen LogP contribution in [0.4, 0.5) is 5.95 Å². The number of rotatable bonds is 6. The van der Waals surface area contributed by atoms with Crippen LogP contribution in [0.25, 0.3) is 0 Å². The van der Waals surface area contributed by atoms with E-state index in [9.17, 15) is 0 Å². The van der Waals surface area contributed by atoms with Gasteiger partial charge in [0, 0.05) is 6.54 Å². The fourth-order valence-corrected chi connectivity index (χ4v) is 1.27. The monoisotopic (exact) mass is 272 g/mol.